The molecule has 0 saturated carbocycles. The Bertz CT molecular complexity index is 174. The molecule has 1 fully saturated rings. The quantitative estimate of drug-likeness (QED) is 0.619. The molecular formula is C11H23NO3. The van der Waals surface area contributed by atoms with E-state index in [2.05, 4.69) is 12.2 Å². The number of hydrogen-bond acceptors (Lipinski definition) is 4. The van der Waals surface area contributed by atoms with Crippen molar-refractivity contribution >= 4 is 0 Å². The highest BCUT2D eigenvalue weighted by molar-refractivity contribution is 4.90. The van der Waals surface area contributed by atoms with Crippen LogP contribution in [0.1, 0.15) is 33.1 Å². The third-order valence-corrected chi connectivity index (χ3v) is 3.28. The van der Waals surface area contributed by atoms with E-state index in [1.54, 1.807) is 0 Å². The van der Waals surface area contributed by atoms with Crippen LogP contribution >= 0.6 is 0 Å². The van der Waals surface area contributed by atoms with Gasteiger partial charge in [0.25, 0.3) is 0 Å². The van der Waals surface area contributed by atoms with Gasteiger partial charge in [0.05, 0.1) is 24.9 Å². The van der Waals surface area contributed by atoms with Crippen LogP contribution in [0.15, 0.2) is 0 Å². The zero-order valence-electron chi connectivity index (χ0n) is 9.70. The molecule has 0 bridgehead atoms. The lowest BCUT2D eigenvalue weighted by atomic mass is 9.94. The number of ether oxygens (including phenoxy) is 1. The summed E-state index contributed by atoms with van der Waals surface area (Å²) < 4.78 is 5.46. The van der Waals surface area contributed by atoms with Crippen molar-refractivity contribution in [3.8, 4) is 0 Å². The van der Waals surface area contributed by atoms with E-state index in [9.17, 15) is 10.2 Å². The maximum atomic E-state index is 9.32. The van der Waals surface area contributed by atoms with E-state index in [4.69, 9.17) is 4.74 Å². The van der Waals surface area contributed by atoms with Crippen LogP contribution in [0.4, 0.5) is 0 Å². The molecule has 2 atom stereocenters. The first-order valence-electron chi connectivity index (χ1n) is 5.77. The smallest absolute Gasteiger partial charge is 0.0647 e. The van der Waals surface area contributed by atoms with Gasteiger partial charge in [-0.3, -0.25) is 0 Å². The van der Waals surface area contributed by atoms with Crippen LogP contribution in [0.5, 0.6) is 0 Å². The molecule has 0 spiro atoms. The van der Waals surface area contributed by atoms with Crippen molar-refractivity contribution in [2.24, 2.45) is 0 Å². The first-order valence-corrected chi connectivity index (χ1v) is 5.77. The third kappa shape index (κ3) is 3.41. The average Bonchev–Trinajstić information content (AvgIpc) is 2.26. The minimum Gasteiger partial charge on any atom is -0.394 e. The van der Waals surface area contributed by atoms with Crippen LogP contribution in [-0.4, -0.2) is 47.7 Å². The fraction of sp³-hybridized carbons (Fsp3) is 1.00. The Hall–Kier alpha value is -0.160. The van der Waals surface area contributed by atoms with Gasteiger partial charge in [-0.1, -0.05) is 6.92 Å². The Morgan fingerprint density at radius 3 is 2.53 bits per heavy atom. The molecule has 0 aromatic carbocycles. The lowest BCUT2D eigenvalue weighted by Crippen LogP contribution is -2.57. The molecule has 0 amide bonds. The van der Waals surface area contributed by atoms with E-state index in [0.29, 0.717) is 6.04 Å². The van der Waals surface area contributed by atoms with Crippen molar-refractivity contribution < 1.29 is 14.9 Å². The Balaban J connectivity index is 2.49. The number of hydrogen-bond donors (Lipinski definition) is 3. The summed E-state index contributed by atoms with van der Waals surface area (Å²) in [6.45, 7) is 4.74. The topological polar surface area (TPSA) is 61.7 Å². The molecule has 1 aliphatic heterocycles. The largest absolute Gasteiger partial charge is 0.394 e. The summed E-state index contributed by atoms with van der Waals surface area (Å²) in [4.78, 5) is 0. The standard InChI is InChI=1S/C11H23NO3/c1-3-11(7-13,8-14)12-10-4-5-15-9(2)6-10/h9-10,12-14H,3-8H2,1-2H3. The van der Waals surface area contributed by atoms with Crippen LogP contribution in [0, 0.1) is 0 Å². The molecular weight excluding hydrogens is 194 g/mol. The molecule has 0 radical (unpaired) electrons. The van der Waals surface area contributed by atoms with Gasteiger partial charge in [0.1, 0.15) is 0 Å². The highest BCUT2D eigenvalue weighted by atomic mass is 16.5. The summed E-state index contributed by atoms with van der Waals surface area (Å²) in [5.74, 6) is 0. The number of aliphatic hydroxyl groups is 2. The number of aliphatic hydroxyl groups excluding tert-OH is 2. The molecule has 1 rings (SSSR count). The molecule has 15 heavy (non-hydrogen) atoms. The van der Waals surface area contributed by atoms with Gasteiger partial charge in [-0.15, -0.1) is 0 Å². The van der Waals surface area contributed by atoms with Gasteiger partial charge in [0.15, 0.2) is 0 Å². The summed E-state index contributed by atoms with van der Waals surface area (Å²) in [5, 5.41) is 22.0. The molecule has 1 aliphatic rings. The summed E-state index contributed by atoms with van der Waals surface area (Å²) >= 11 is 0. The van der Waals surface area contributed by atoms with Crippen LogP contribution < -0.4 is 5.32 Å². The van der Waals surface area contributed by atoms with E-state index in [1.165, 1.54) is 0 Å². The zero-order valence-corrected chi connectivity index (χ0v) is 9.70. The zero-order chi connectivity index (χ0) is 11.3. The van der Waals surface area contributed by atoms with E-state index in [1.807, 2.05) is 6.92 Å². The first-order chi connectivity index (χ1) is 7.15. The van der Waals surface area contributed by atoms with Gasteiger partial charge in [0.2, 0.25) is 0 Å². The molecule has 0 aromatic rings. The minimum atomic E-state index is -0.526. The van der Waals surface area contributed by atoms with Crippen molar-refractivity contribution in [3.63, 3.8) is 0 Å². The van der Waals surface area contributed by atoms with E-state index >= 15 is 0 Å². The van der Waals surface area contributed by atoms with Crippen molar-refractivity contribution in [1.82, 2.24) is 5.32 Å². The van der Waals surface area contributed by atoms with E-state index in [-0.39, 0.29) is 19.3 Å². The van der Waals surface area contributed by atoms with E-state index in [0.717, 1.165) is 25.9 Å². The Kier molecular flexibility index (Phi) is 4.99. The summed E-state index contributed by atoms with van der Waals surface area (Å²) in [7, 11) is 0. The summed E-state index contributed by atoms with van der Waals surface area (Å²) in [6.07, 6.45) is 2.89. The molecule has 0 aliphatic carbocycles. The van der Waals surface area contributed by atoms with Crippen molar-refractivity contribution in [3.05, 3.63) is 0 Å². The fourth-order valence-corrected chi connectivity index (χ4v) is 2.03. The molecule has 1 heterocycles. The maximum Gasteiger partial charge on any atom is 0.0647 e. The second-order valence-electron chi connectivity index (χ2n) is 4.50. The number of nitrogens with one attached hydrogen (secondary N) is 1. The van der Waals surface area contributed by atoms with Gasteiger partial charge in [-0.05, 0) is 26.2 Å². The van der Waals surface area contributed by atoms with Gasteiger partial charge in [0, 0.05) is 12.6 Å². The Labute approximate surface area is 91.6 Å². The minimum absolute atomic E-state index is 0.0221. The Morgan fingerprint density at radius 2 is 2.07 bits per heavy atom. The highest BCUT2D eigenvalue weighted by Gasteiger charge is 2.31. The van der Waals surface area contributed by atoms with Gasteiger partial charge < -0.3 is 20.3 Å². The van der Waals surface area contributed by atoms with Crippen LogP contribution in [-0.2, 0) is 4.74 Å². The summed E-state index contributed by atoms with van der Waals surface area (Å²) in [6, 6.07) is 0.341. The SMILES string of the molecule is CCC(CO)(CO)NC1CCOC(C)C1. The van der Waals surface area contributed by atoms with Gasteiger partial charge in [-0.2, -0.15) is 0 Å². The van der Waals surface area contributed by atoms with Crippen molar-refractivity contribution in [2.75, 3.05) is 19.8 Å². The lowest BCUT2D eigenvalue weighted by Gasteiger charge is -2.37. The molecule has 90 valence electrons. The molecule has 1 saturated heterocycles. The summed E-state index contributed by atoms with van der Waals surface area (Å²) in [5.41, 5.74) is -0.526. The lowest BCUT2D eigenvalue weighted by molar-refractivity contribution is -0.00484. The Morgan fingerprint density at radius 1 is 1.40 bits per heavy atom. The second kappa shape index (κ2) is 5.80. The first kappa shape index (κ1) is 12.9. The van der Waals surface area contributed by atoms with E-state index < -0.39 is 5.54 Å². The van der Waals surface area contributed by atoms with Crippen LogP contribution in [0.3, 0.4) is 0 Å². The highest BCUT2D eigenvalue weighted by Crippen LogP contribution is 2.18. The number of rotatable bonds is 5. The molecule has 4 heteroatoms. The predicted octanol–water partition coefficient (Wildman–Crippen LogP) is 0.277. The third-order valence-electron chi connectivity index (χ3n) is 3.28. The second-order valence-corrected chi connectivity index (χ2v) is 4.50. The van der Waals surface area contributed by atoms with Gasteiger partial charge in [-0.25, -0.2) is 0 Å². The average molecular weight is 217 g/mol. The van der Waals surface area contributed by atoms with Crippen molar-refractivity contribution in [2.45, 2.75) is 50.8 Å². The fourth-order valence-electron chi connectivity index (χ4n) is 2.03. The normalized spacial score (nSPS) is 28.0. The molecule has 3 N–H and O–H groups in total. The molecule has 4 nitrogen and oxygen atoms in total. The maximum absolute atomic E-state index is 9.32. The monoisotopic (exact) mass is 217 g/mol. The molecule has 2 unspecified atom stereocenters. The van der Waals surface area contributed by atoms with Crippen LogP contribution in [0.2, 0.25) is 0 Å². The van der Waals surface area contributed by atoms with Crippen LogP contribution in [0.25, 0.3) is 0 Å². The predicted molar refractivity (Wildman–Crippen MR) is 58.8 cm³/mol. The van der Waals surface area contributed by atoms with Gasteiger partial charge >= 0.3 is 0 Å². The molecule has 0 aromatic heterocycles. The van der Waals surface area contributed by atoms with Crippen molar-refractivity contribution in [1.29, 1.82) is 0 Å².